The minimum Gasteiger partial charge on any atom is -0.380 e. The van der Waals surface area contributed by atoms with Crippen molar-refractivity contribution in [2.24, 2.45) is 11.3 Å². The van der Waals surface area contributed by atoms with Gasteiger partial charge >= 0.3 is 0 Å². The van der Waals surface area contributed by atoms with Gasteiger partial charge in [-0.25, -0.2) is 0 Å². The average molecular weight is 284 g/mol. The van der Waals surface area contributed by atoms with Gasteiger partial charge in [0.25, 0.3) is 0 Å². The molecule has 0 amide bonds. The summed E-state index contributed by atoms with van der Waals surface area (Å²) in [6.45, 7) is 17.7. The number of rotatable bonds is 10. The maximum Gasteiger partial charge on any atom is 0.0593 e. The highest BCUT2D eigenvalue weighted by Gasteiger charge is 2.41. The molecule has 0 heterocycles. The minimum atomic E-state index is 0.444. The zero-order chi connectivity index (χ0) is 15.0. The Labute approximate surface area is 126 Å². The lowest BCUT2D eigenvalue weighted by Gasteiger charge is -2.34. The number of nitrogens with one attached hydrogen (secondary N) is 1. The largest absolute Gasteiger partial charge is 0.380 e. The van der Waals surface area contributed by atoms with Gasteiger partial charge in [0, 0.05) is 25.7 Å². The Morgan fingerprint density at radius 1 is 1.25 bits per heavy atom. The summed E-state index contributed by atoms with van der Waals surface area (Å²) in [4.78, 5) is 2.56. The summed E-state index contributed by atoms with van der Waals surface area (Å²) in [7, 11) is 0. The summed E-state index contributed by atoms with van der Waals surface area (Å²) in [5.41, 5.74) is 0.444. The number of hydrogen-bond acceptors (Lipinski definition) is 3. The molecule has 0 saturated heterocycles. The van der Waals surface area contributed by atoms with Crippen molar-refractivity contribution in [2.45, 2.75) is 59.9 Å². The fourth-order valence-corrected chi connectivity index (χ4v) is 3.51. The highest BCUT2D eigenvalue weighted by atomic mass is 16.5. The first-order chi connectivity index (χ1) is 9.55. The second-order valence-corrected chi connectivity index (χ2v) is 6.81. The molecule has 3 nitrogen and oxygen atoms in total. The van der Waals surface area contributed by atoms with Gasteiger partial charge in [0.15, 0.2) is 0 Å². The molecule has 2 unspecified atom stereocenters. The van der Waals surface area contributed by atoms with Gasteiger partial charge in [-0.3, -0.25) is 0 Å². The van der Waals surface area contributed by atoms with Crippen molar-refractivity contribution in [1.82, 2.24) is 10.2 Å². The summed E-state index contributed by atoms with van der Waals surface area (Å²) >= 11 is 0. The van der Waals surface area contributed by atoms with E-state index >= 15 is 0 Å². The van der Waals surface area contributed by atoms with Crippen molar-refractivity contribution < 1.29 is 4.74 Å². The lowest BCUT2D eigenvalue weighted by Crippen LogP contribution is -2.46. The van der Waals surface area contributed by atoms with Crippen LogP contribution in [0.3, 0.4) is 0 Å². The van der Waals surface area contributed by atoms with Crippen LogP contribution in [0.25, 0.3) is 0 Å². The van der Waals surface area contributed by atoms with Crippen LogP contribution in [-0.2, 0) is 4.74 Å². The average Bonchev–Trinajstić information content (AvgIpc) is 2.70. The number of hydrogen-bond donors (Lipinski definition) is 1. The number of likely N-dealkylation sites (N-methyl/N-ethyl adjacent to an activating group) is 1. The quantitative estimate of drug-likeness (QED) is 0.624. The zero-order valence-corrected chi connectivity index (χ0v) is 14.4. The standard InChI is InChI=1S/C17H36N2O/c1-6-11-18-16-15(9-10-17(16,4)5)14-19(7-2)12-13-20-8-3/h15-16,18H,6-14H2,1-5H3. The monoisotopic (exact) mass is 284 g/mol. The Morgan fingerprint density at radius 3 is 2.60 bits per heavy atom. The van der Waals surface area contributed by atoms with Crippen molar-refractivity contribution in [3.05, 3.63) is 0 Å². The van der Waals surface area contributed by atoms with E-state index < -0.39 is 0 Å². The second-order valence-electron chi connectivity index (χ2n) is 6.81. The van der Waals surface area contributed by atoms with Crippen LogP contribution in [-0.4, -0.2) is 50.3 Å². The first-order valence-corrected chi connectivity index (χ1v) is 8.58. The third kappa shape index (κ3) is 5.34. The van der Waals surface area contributed by atoms with Crippen molar-refractivity contribution >= 4 is 0 Å². The molecule has 1 fully saturated rings. The van der Waals surface area contributed by atoms with Gasteiger partial charge in [-0.2, -0.15) is 0 Å². The maximum absolute atomic E-state index is 5.51. The molecule has 1 rings (SSSR count). The summed E-state index contributed by atoms with van der Waals surface area (Å²) in [6.07, 6.45) is 3.93. The van der Waals surface area contributed by atoms with E-state index in [1.807, 2.05) is 0 Å². The third-order valence-corrected chi connectivity index (χ3v) is 4.78. The zero-order valence-electron chi connectivity index (χ0n) is 14.4. The van der Waals surface area contributed by atoms with Gasteiger partial charge in [-0.15, -0.1) is 0 Å². The van der Waals surface area contributed by atoms with Gasteiger partial charge in [-0.1, -0.05) is 27.7 Å². The van der Waals surface area contributed by atoms with E-state index in [1.165, 1.54) is 25.8 Å². The van der Waals surface area contributed by atoms with Crippen molar-refractivity contribution in [3.8, 4) is 0 Å². The molecular formula is C17H36N2O. The van der Waals surface area contributed by atoms with Crippen LogP contribution in [0, 0.1) is 11.3 Å². The van der Waals surface area contributed by atoms with Crippen molar-refractivity contribution in [1.29, 1.82) is 0 Å². The molecule has 120 valence electrons. The van der Waals surface area contributed by atoms with Gasteiger partial charge in [-0.05, 0) is 50.6 Å². The first-order valence-electron chi connectivity index (χ1n) is 8.58. The van der Waals surface area contributed by atoms with E-state index in [0.29, 0.717) is 11.5 Å². The maximum atomic E-state index is 5.51. The van der Waals surface area contributed by atoms with Crippen LogP contribution in [0.15, 0.2) is 0 Å². The summed E-state index contributed by atoms with van der Waals surface area (Å²) in [6, 6.07) is 0.670. The van der Waals surface area contributed by atoms with Crippen molar-refractivity contribution in [2.75, 3.05) is 39.4 Å². The Bertz CT molecular complexity index is 255. The molecule has 20 heavy (non-hydrogen) atoms. The van der Waals surface area contributed by atoms with Crippen LogP contribution in [0.4, 0.5) is 0 Å². The predicted molar refractivity (Wildman–Crippen MR) is 87.2 cm³/mol. The highest BCUT2D eigenvalue weighted by molar-refractivity contribution is 4.97. The van der Waals surface area contributed by atoms with Crippen LogP contribution in [0.1, 0.15) is 53.9 Å². The molecule has 1 aliphatic rings. The van der Waals surface area contributed by atoms with Crippen LogP contribution in [0.5, 0.6) is 0 Å². The molecule has 0 aromatic rings. The van der Waals surface area contributed by atoms with Crippen LogP contribution in [0.2, 0.25) is 0 Å². The number of nitrogens with zero attached hydrogens (tertiary/aromatic N) is 1. The van der Waals surface area contributed by atoms with E-state index in [-0.39, 0.29) is 0 Å². The van der Waals surface area contributed by atoms with E-state index in [2.05, 4.69) is 44.8 Å². The molecule has 1 aliphatic carbocycles. The molecule has 0 aromatic heterocycles. The molecule has 0 aliphatic heterocycles. The third-order valence-electron chi connectivity index (χ3n) is 4.78. The summed E-state index contributed by atoms with van der Waals surface area (Å²) in [5, 5.41) is 3.81. The smallest absolute Gasteiger partial charge is 0.0593 e. The lowest BCUT2D eigenvalue weighted by atomic mass is 9.84. The molecule has 0 radical (unpaired) electrons. The van der Waals surface area contributed by atoms with Gasteiger partial charge in [0.1, 0.15) is 0 Å². The highest BCUT2D eigenvalue weighted by Crippen LogP contribution is 2.41. The van der Waals surface area contributed by atoms with Crippen LogP contribution < -0.4 is 5.32 Å². The Morgan fingerprint density at radius 2 is 2.00 bits per heavy atom. The summed E-state index contributed by atoms with van der Waals surface area (Å²) < 4.78 is 5.51. The molecule has 0 bridgehead atoms. The number of ether oxygens (including phenoxy) is 1. The van der Waals surface area contributed by atoms with Crippen molar-refractivity contribution in [3.63, 3.8) is 0 Å². The Hall–Kier alpha value is -0.120. The predicted octanol–water partition coefficient (Wildman–Crippen LogP) is 3.15. The Balaban J connectivity index is 2.50. The van der Waals surface area contributed by atoms with Gasteiger partial charge in [0.2, 0.25) is 0 Å². The lowest BCUT2D eigenvalue weighted by molar-refractivity contribution is 0.103. The van der Waals surface area contributed by atoms with E-state index in [0.717, 1.165) is 38.8 Å². The fraction of sp³-hybridized carbons (Fsp3) is 1.00. The second kappa shape index (κ2) is 9.01. The normalized spacial score (nSPS) is 25.5. The van der Waals surface area contributed by atoms with E-state index in [9.17, 15) is 0 Å². The van der Waals surface area contributed by atoms with Gasteiger partial charge < -0.3 is 15.0 Å². The fourth-order valence-electron chi connectivity index (χ4n) is 3.51. The molecule has 3 heteroatoms. The molecule has 1 saturated carbocycles. The van der Waals surface area contributed by atoms with E-state index in [4.69, 9.17) is 4.74 Å². The first kappa shape index (κ1) is 17.9. The van der Waals surface area contributed by atoms with Crippen LogP contribution >= 0.6 is 0 Å². The SMILES string of the molecule is CCCNC1C(CN(CC)CCOCC)CCC1(C)C. The minimum absolute atomic E-state index is 0.444. The molecule has 2 atom stereocenters. The molecule has 0 aromatic carbocycles. The molecule has 1 N–H and O–H groups in total. The molecule has 0 spiro atoms. The summed E-state index contributed by atoms with van der Waals surface area (Å²) in [5.74, 6) is 0.790. The topological polar surface area (TPSA) is 24.5 Å². The van der Waals surface area contributed by atoms with Gasteiger partial charge in [0.05, 0.1) is 6.61 Å². The van der Waals surface area contributed by atoms with E-state index in [1.54, 1.807) is 0 Å². The molecular weight excluding hydrogens is 248 g/mol. The Kier molecular flexibility index (Phi) is 8.08.